The van der Waals surface area contributed by atoms with Gasteiger partial charge < -0.3 is 0 Å². The first-order valence-corrected chi connectivity index (χ1v) is 7.35. The van der Waals surface area contributed by atoms with E-state index >= 15 is 0 Å². The van der Waals surface area contributed by atoms with Crippen molar-refractivity contribution < 1.29 is 28.8 Å². The molecule has 2 aromatic carbocycles. The fourth-order valence-corrected chi connectivity index (χ4v) is 2.07. The van der Waals surface area contributed by atoms with Gasteiger partial charge in [0, 0.05) is 0 Å². The molecule has 206 valence electrons. The van der Waals surface area contributed by atoms with Crippen LogP contribution >= 0.6 is 0 Å². The lowest BCUT2D eigenvalue weighted by molar-refractivity contribution is 0.562. The fraction of sp³-hybridized carbons (Fsp3) is 0.280. The van der Waals surface area contributed by atoms with E-state index in [1.165, 1.54) is 21.9 Å². The van der Waals surface area contributed by atoms with E-state index in [0.29, 0.717) is 0 Å². The zero-order valence-electron chi connectivity index (χ0n) is 15.8. The van der Waals surface area contributed by atoms with Crippen molar-refractivity contribution in [1.82, 2.24) is 0 Å². The zero-order valence-corrected chi connectivity index (χ0v) is 15.8. The van der Waals surface area contributed by atoms with Gasteiger partial charge in [-0.15, -0.1) is 0 Å². The van der Waals surface area contributed by atoms with Crippen molar-refractivity contribution in [2.45, 2.75) is 51.0 Å². The fourth-order valence-electron chi connectivity index (χ4n) is 2.07. The number of nitrogens with one attached hydrogen (secondary N) is 6. The first-order chi connectivity index (χ1) is 14.9. The van der Waals surface area contributed by atoms with Crippen LogP contribution in [0.2, 0.25) is 0 Å². The summed E-state index contributed by atoms with van der Waals surface area (Å²) < 4.78 is 0. The molecule has 1 aliphatic carbocycles. The summed E-state index contributed by atoms with van der Waals surface area (Å²) in [5.74, 6) is 0. The van der Waals surface area contributed by atoms with Crippen LogP contribution in [-0.2, 0) is 35.2 Å². The lowest BCUT2D eigenvalue weighted by Gasteiger charge is -2.11. The first kappa shape index (κ1) is 63.5. The molecule has 12 nitrogen and oxygen atoms in total. The standard InChI is InChI=1S/C13H10.6CHNO.6CH4/c1-4-10-6-2-8-12-9-3-7-11(5-1)13(10)12;6*2-1-3;;;;;;/h1-8H,9H2;6*2H;6*1H4. The average molecular weight is 521 g/mol. The van der Waals surface area contributed by atoms with E-state index in [-0.39, 0.29) is 44.6 Å². The first-order valence-electron chi connectivity index (χ1n) is 7.35. The molecule has 0 fully saturated rings. The number of benzene rings is 2. The summed E-state index contributed by atoms with van der Waals surface area (Å²) in [6, 6.07) is 13.0. The predicted molar refractivity (Wildman–Crippen MR) is 148 cm³/mol. The largest absolute Gasteiger partial charge is 0.231 e. The van der Waals surface area contributed by atoms with Gasteiger partial charge in [0.2, 0.25) is 36.5 Å². The second-order valence-electron chi connectivity index (χ2n) is 4.08. The molecule has 0 amide bonds. The third-order valence-corrected chi connectivity index (χ3v) is 2.66. The van der Waals surface area contributed by atoms with E-state index in [1.807, 2.05) is 0 Å². The van der Waals surface area contributed by atoms with Crippen molar-refractivity contribution >= 4 is 53.3 Å². The summed E-state index contributed by atoms with van der Waals surface area (Å²) >= 11 is 0. The van der Waals surface area contributed by atoms with Crippen LogP contribution in [-0.4, -0.2) is 36.5 Å². The smallest absolute Gasteiger partial charge is 0.222 e. The highest BCUT2D eigenvalue weighted by Crippen LogP contribution is 2.27. The topological polar surface area (TPSA) is 246 Å². The van der Waals surface area contributed by atoms with Gasteiger partial charge in [0.1, 0.15) is 0 Å². The number of allylic oxidation sites excluding steroid dienone is 1. The Bertz CT molecular complexity index is 917. The average Bonchev–Trinajstić information content (AvgIpc) is 2.73. The molecule has 6 N–H and O–H groups in total. The van der Waals surface area contributed by atoms with Crippen molar-refractivity contribution in [2.24, 2.45) is 0 Å². The molecule has 0 aromatic heterocycles. The van der Waals surface area contributed by atoms with E-state index in [2.05, 4.69) is 48.6 Å². The van der Waals surface area contributed by atoms with Crippen LogP contribution in [0, 0.1) is 32.5 Å². The van der Waals surface area contributed by atoms with Crippen LogP contribution < -0.4 is 0 Å². The van der Waals surface area contributed by atoms with Gasteiger partial charge in [-0.1, -0.05) is 93.1 Å². The number of hydrogen-bond donors (Lipinski definition) is 6. The SMILES string of the molecule is C.C.C.C.C.C.C1=Cc2cccc3cccc(c23)C1.N=C=O.N=C=O.N=C=O.N=C=O.N=C=O.N=C=O. The second-order valence-corrected chi connectivity index (χ2v) is 4.08. The molecular formula is C25H40N6O6. The number of isocyanates is 6. The minimum Gasteiger partial charge on any atom is -0.222 e. The van der Waals surface area contributed by atoms with E-state index in [1.54, 1.807) is 0 Å². The molecule has 1 aliphatic rings. The molecule has 37 heavy (non-hydrogen) atoms. The van der Waals surface area contributed by atoms with Gasteiger partial charge in [0.15, 0.2) is 0 Å². The molecule has 0 saturated carbocycles. The number of rotatable bonds is 0. The Morgan fingerprint density at radius 3 is 1.14 bits per heavy atom. The molecule has 0 bridgehead atoms. The highest BCUT2D eigenvalue weighted by atomic mass is 16.1. The zero-order chi connectivity index (χ0) is 24.9. The summed E-state index contributed by atoms with van der Waals surface area (Å²) in [4.78, 5) is 50.1. The molecule has 0 atom stereocenters. The molecule has 0 saturated heterocycles. The molecule has 0 spiro atoms. The van der Waals surface area contributed by atoms with Gasteiger partial charge in [-0.3, -0.25) is 0 Å². The van der Waals surface area contributed by atoms with Gasteiger partial charge in [0.25, 0.3) is 0 Å². The van der Waals surface area contributed by atoms with Crippen molar-refractivity contribution in [3.63, 3.8) is 0 Å². The van der Waals surface area contributed by atoms with E-state index < -0.39 is 0 Å². The Balaban J connectivity index is -0.0000000330. The van der Waals surface area contributed by atoms with Gasteiger partial charge in [-0.05, 0) is 28.3 Å². The van der Waals surface area contributed by atoms with Crippen LogP contribution in [0.15, 0.2) is 42.5 Å². The highest BCUT2D eigenvalue weighted by molar-refractivity contribution is 5.94. The summed E-state index contributed by atoms with van der Waals surface area (Å²) in [7, 11) is 0. The third-order valence-electron chi connectivity index (χ3n) is 2.66. The van der Waals surface area contributed by atoms with Crippen LogP contribution in [0.3, 0.4) is 0 Å². The summed E-state index contributed by atoms with van der Waals surface area (Å²) in [5.41, 5.74) is 2.81. The van der Waals surface area contributed by atoms with Gasteiger partial charge in [-0.25, -0.2) is 61.2 Å². The molecule has 3 rings (SSSR count). The minimum atomic E-state index is 0. The van der Waals surface area contributed by atoms with Crippen molar-refractivity contribution in [2.75, 3.05) is 0 Å². The molecule has 0 aliphatic heterocycles. The molecule has 0 radical (unpaired) electrons. The molecule has 0 unspecified atom stereocenters. The van der Waals surface area contributed by atoms with Crippen LogP contribution in [0.4, 0.5) is 0 Å². The molecule has 12 heteroatoms. The maximum absolute atomic E-state index is 8.35. The second kappa shape index (κ2) is 57.5. The van der Waals surface area contributed by atoms with Crippen molar-refractivity contribution in [3.8, 4) is 0 Å². The Labute approximate surface area is 219 Å². The van der Waals surface area contributed by atoms with Gasteiger partial charge >= 0.3 is 0 Å². The quantitative estimate of drug-likeness (QED) is 0.164. The van der Waals surface area contributed by atoms with E-state index in [9.17, 15) is 0 Å². The lowest BCUT2D eigenvalue weighted by Crippen LogP contribution is -1.91. The maximum atomic E-state index is 8.35. The van der Waals surface area contributed by atoms with Gasteiger partial charge in [0.05, 0.1) is 0 Å². The predicted octanol–water partition coefficient (Wildman–Crippen LogP) is 6.63. The normalized spacial score (nSPS) is 6.05. The third kappa shape index (κ3) is 41.5. The van der Waals surface area contributed by atoms with Crippen LogP contribution in [0.5, 0.6) is 0 Å². The van der Waals surface area contributed by atoms with Crippen molar-refractivity contribution in [3.05, 3.63) is 53.6 Å². The minimum absolute atomic E-state index is 0. The molecular weight excluding hydrogens is 480 g/mol. The van der Waals surface area contributed by atoms with E-state index in [4.69, 9.17) is 61.2 Å². The Hall–Kier alpha value is -5.28. The lowest BCUT2D eigenvalue weighted by atomic mass is 9.93. The van der Waals surface area contributed by atoms with E-state index in [0.717, 1.165) is 42.9 Å². The van der Waals surface area contributed by atoms with Crippen LogP contribution in [0.25, 0.3) is 16.8 Å². The summed E-state index contributed by atoms with van der Waals surface area (Å²) in [5, 5.41) is 35.2. The maximum Gasteiger partial charge on any atom is 0.231 e. The highest BCUT2D eigenvalue weighted by Gasteiger charge is 2.06. The van der Waals surface area contributed by atoms with Gasteiger partial charge in [-0.2, -0.15) is 0 Å². The van der Waals surface area contributed by atoms with Crippen LogP contribution in [0.1, 0.15) is 55.7 Å². The Kier molecular flexibility index (Phi) is 98.6. The molecule has 2 aromatic rings. The monoisotopic (exact) mass is 520 g/mol. The van der Waals surface area contributed by atoms with Crippen molar-refractivity contribution in [1.29, 1.82) is 32.5 Å². The summed E-state index contributed by atoms with van der Waals surface area (Å²) in [6.07, 6.45) is 10.0. The molecule has 0 heterocycles. The Morgan fingerprint density at radius 2 is 0.811 bits per heavy atom. The summed E-state index contributed by atoms with van der Waals surface area (Å²) in [6.45, 7) is 0. The Morgan fingerprint density at radius 1 is 0.514 bits per heavy atom. The number of hydrogen-bond acceptors (Lipinski definition) is 12. The number of carbonyl (C=O) groups excluding carboxylic acids is 6.